The highest BCUT2D eigenvalue weighted by Crippen LogP contribution is 2.60. The molecule has 132 valence electrons. The Bertz CT molecular complexity index is 763. The van der Waals surface area contributed by atoms with Gasteiger partial charge in [-0.1, -0.05) is 5.16 Å². The van der Waals surface area contributed by atoms with Crippen LogP contribution in [0.3, 0.4) is 0 Å². The summed E-state index contributed by atoms with van der Waals surface area (Å²) in [7, 11) is 3.27. The first kappa shape index (κ1) is 15.2. The molecule has 4 fully saturated rings. The summed E-state index contributed by atoms with van der Waals surface area (Å²) >= 11 is 0. The van der Waals surface area contributed by atoms with Crippen LogP contribution in [0.25, 0.3) is 11.4 Å². The molecule has 1 aromatic carbocycles. The van der Waals surface area contributed by atoms with Crippen molar-refractivity contribution in [3.8, 4) is 22.9 Å². The van der Waals surface area contributed by atoms with Crippen molar-refractivity contribution in [3.05, 3.63) is 24.1 Å². The van der Waals surface area contributed by atoms with Crippen molar-refractivity contribution in [1.29, 1.82) is 0 Å². The molecule has 6 rings (SSSR count). The zero-order valence-electron chi connectivity index (χ0n) is 14.8. The molecule has 2 aromatic rings. The largest absolute Gasteiger partial charge is 0.493 e. The molecule has 1 aromatic heterocycles. The molecule has 0 amide bonds. The van der Waals surface area contributed by atoms with Crippen LogP contribution in [0.5, 0.6) is 11.5 Å². The van der Waals surface area contributed by atoms with Crippen LogP contribution in [0.4, 0.5) is 0 Å². The van der Waals surface area contributed by atoms with E-state index in [0.29, 0.717) is 17.3 Å². The van der Waals surface area contributed by atoms with E-state index in [0.717, 1.165) is 29.2 Å². The third-order valence-corrected chi connectivity index (χ3v) is 6.56. The molecule has 0 saturated heterocycles. The second kappa shape index (κ2) is 5.48. The highest BCUT2D eigenvalue weighted by molar-refractivity contribution is 5.60. The topological polar surface area (TPSA) is 57.4 Å². The van der Waals surface area contributed by atoms with Gasteiger partial charge < -0.3 is 14.0 Å². The monoisotopic (exact) mass is 340 g/mol. The third kappa shape index (κ3) is 2.35. The lowest BCUT2D eigenvalue weighted by molar-refractivity contribution is -0.0201. The van der Waals surface area contributed by atoms with Gasteiger partial charge in [-0.15, -0.1) is 0 Å². The van der Waals surface area contributed by atoms with E-state index in [9.17, 15) is 0 Å². The van der Waals surface area contributed by atoms with Gasteiger partial charge in [0.25, 0.3) is 0 Å². The lowest BCUT2D eigenvalue weighted by atomic mass is 9.49. The molecule has 4 aliphatic rings. The summed E-state index contributed by atoms with van der Waals surface area (Å²) in [5, 5.41) is 4.29. The van der Waals surface area contributed by atoms with Gasteiger partial charge in [-0.05, 0) is 74.5 Å². The lowest BCUT2D eigenvalue weighted by Gasteiger charge is -2.55. The van der Waals surface area contributed by atoms with Gasteiger partial charge in [0, 0.05) is 5.56 Å². The number of hydrogen-bond acceptors (Lipinski definition) is 5. The maximum atomic E-state index is 5.80. The molecule has 0 atom stereocenters. The molecule has 0 radical (unpaired) electrons. The molecule has 4 bridgehead atoms. The SMILES string of the molecule is COc1ccc(-c2noc(C34CC5CC(CC(C5)C3)C4)n2)cc1OC. The normalized spacial score (nSPS) is 32.8. The predicted octanol–water partition coefficient (Wildman–Crippen LogP) is 4.22. The van der Waals surface area contributed by atoms with Gasteiger partial charge >= 0.3 is 0 Å². The fourth-order valence-electron chi connectivity index (χ4n) is 5.90. The lowest BCUT2D eigenvalue weighted by Crippen LogP contribution is -2.48. The molecule has 25 heavy (non-hydrogen) atoms. The summed E-state index contributed by atoms with van der Waals surface area (Å²) in [6.45, 7) is 0. The maximum absolute atomic E-state index is 5.80. The van der Waals surface area contributed by atoms with Gasteiger partial charge in [0.2, 0.25) is 11.7 Å². The molecule has 5 nitrogen and oxygen atoms in total. The standard InChI is InChI=1S/C20H24N2O3/c1-23-16-4-3-15(8-17(16)24-2)18-21-19(25-22-18)20-9-12-5-13(10-20)7-14(6-12)11-20/h3-4,8,12-14H,5-7,9-11H2,1-2H3. The van der Waals surface area contributed by atoms with Gasteiger partial charge in [0.05, 0.1) is 19.6 Å². The van der Waals surface area contributed by atoms with Gasteiger partial charge in [0.15, 0.2) is 11.5 Å². The minimum atomic E-state index is 0.135. The second-order valence-corrected chi connectivity index (χ2v) is 8.19. The Morgan fingerprint density at radius 3 is 2.20 bits per heavy atom. The van der Waals surface area contributed by atoms with Crippen molar-refractivity contribution in [2.45, 2.75) is 43.9 Å². The van der Waals surface area contributed by atoms with Gasteiger partial charge in [-0.2, -0.15) is 4.98 Å². The molecule has 4 saturated carbocycles. The number of rotatable bonds is 4. The zero-order chi connectivity index (χ0) is 17.0. The van der Waals surface area contributed by atoms with E-state index >= 15 is 0 Å². The molecular weight excluding hydrogens is 316 g/mol. The zero-order valence-corrected chi connectivity index (χ0v) is 14.8. The first-order valence-electron chi connectivity index (χ1n) is 9.26. The van der Waals surface area contributed by atoms with E-state index in [2.05, 4.69) is 5.16 Å². The molecule has 0 N–H and O–H groups in total. The molecule has 0 unspecified atom stereocenters. The minimum absolute atomic E-state index is 0.135. The Morgan fingerprint density at radius 2 is 1.60 bits per heavy atom. The van der Waals surface area contributed by atoms with Gasteiger partial charge in [-0.3, -0.25) is 0 Å². The van der Waals surface area contributed by atoms with E-state index in [1.54, 1.807) is 14.2 Å². The molecule has 1 heterocycles. The van der Waals surface area contributed by atoms with Crippen molar-refractivity contribution < 1.29 is 14.0 Å². The highest BCUT2D eigenvalue weighted by atomic mass is 16.5. The number of nitrogens with zero attached hydrogens (tertiary/aromatic N) is 2. The Balaban J connectivity index is 1.48. The van der Waals surface area contributed by atoms with Crippen LogP contribution in [0.15, 0.2) is 22.7 Å². The van der Waals surface area contributed by atoms with Crippen molar-refractivity contribution >= 4 is 0 Å². The van der Waals surface area contributed by atoms with Crippen LogP contribution in [0.1, 0.15) is 44.4 Å². The predicted molar refractivity (Wildman–Crippen MR) is 92.7 cm³/mol. The van der Waals surface area contributed by atoms with Crippen LogP contribution < -0.4 is 9.47 Å². The first-order valence-corrected chi connectivity index (χ1v) is 9.26. The Morgan fingerprint density at radius 1 is 0.960 bits per heavy atom. The quantitative estimate of drug-likeness (QED) is 0.834. The second-order valence-electron chi connectivity index (χ2n) is 8.19. The van der Waals surface area contributed by atoms with E-state index in [4.69, 9.17) is 19.0 Å². The van der Waals surface area contributed by atoms with Gasteiger partial charge in [-0.25, -0.2) is 0 Å². The smallest absolute Gasteiger partial charge is 0.233 e. The summed E-state index contributed by atoms with van der Waals surface area (Å²) in [5.74, 6) is 5.48. The van der Waals surface area contributed by atoms with Crippen LogP contribution in [-0.2, 0) is 5.41 Å². The molecular formula is C20H24N2O3. The van der Waals surface area contributed by atoms with Crippen LogP contribution in [-0.4, -0.2) is 24.4 Å². The van der Waals surface area contributed by atoms with E-state index in [-0.39, 0.29) is 5.41 Å². The minimum Gasteiger partial charge on any atom is -0.493 e. The van der Waals surface area contributed by atoms with E-state index in [1.807, 2.05) is 18.2 Å². The summed E-state index contributed by atoms with van der Waals surface area (Å²) in [4.78, 5) is 4.83. The average molecular weight is 340 g/mol. The molecule has 4 aliphatic carbocycles. The maximum Gasteiger partial charge on any atom is 0.233 e. The fraction of sp³-hybridized carbons (Fsp3) is 0.600. The highest BCUT2D eigenvalue weighted by Gasteiger charge is 2.54. The molecule has 0 aliphatic heterocycles. The van der Waals surface area contributed by atoms with Crippen LogP contribution in [0, 0.1) is 17.8 Å². The average Bonchev–Trinajstić information content (AvgIpc) is 3.11. The van der Waals surface area contributed by atoms with E-state index in [1.165, 1.54) is 38.5 Å². The number of ether oxygens (including phenoxy) is 2. The Labute approximate surface area is 147 Å². The molecule has 0 spiro atoms. The number of hydrogen-bond donors (Lipinski definition) is 0. The Hall–Kier alpha value is -2.04. The Kier molecular flexibility index (Phi) is 3.34. The van der Waals surface area contributed by atoms with Crippen LogP contribution >= 0.6 is 0 Å². The molecule has 5 heteroatoms. The summed E-state index contributed by atoms with van der Waals surface area (Å²) in [6.07, 6.45) is 7.92. The van der Waals surface area contributed by atoms with Crippen molar-refractivity contribution in [2.75, 3.05) is 14.2 Å². The summed E-state index contributed by atoms with van der Waals surface area (Å²) < 4.78 is 16.5. The first-order chi connectivity index (χ1) is 12.2. The van der Waals surface area contributed by atoms with Crippen LogP contribution in [0.2, 0.25) is 0 Å². The third-order valence-electron chi connectivity index (χ3n) is 6.56. The van der Waals surface area contributed by atoms with Crippen molar-refractivity contribution in [1.82, 2.24) is 10.1 Å². The summed E-state index contributed by atoms with van der Waals surface area (Å²) in [5.41, 5.74) is 1.04. The number of methoxy groups -OCH3 is 2. The van der Waals surface area contributed by atoms with E-state index < -0.39 is 0 Å². The van der Waals surface area contributed by atoms with Crippen molar-refractivity contribution in [2.24, 2.45) is 17.8 Å². The number of aromatic nitrogens is 2. The number of benzene rings is 1. The summed E-state index contributed by atoms with van der Waals surface area (Å²) in [6, 6.07) is 5.75. The fourth-order valence-corrected chi connectivity index (χ4v) is 5.90. The van der Waals surface area contributed by atoms with Crippen molar-refractivity contribution in [3.63, 3.8) is 0 Å². The van der Waals surface area contributed by atoms with Gasteiger partial charge in [0.1, 0.15) is 0 Å².